The number of halogens is 1. The molecule has 2 heterocycles. The van der Waals surface area contributed by atoms with Crippen molar-refractivity contribution >= 4 is 0 Å². The van der Waals surface area contributed by atoms with Crippen molar-refractivity contribution in [3.05, 3.63) is 95.2 Å². The summed E-state index contributed by atoms with van der Waals surface area (Å²) in [6.45, 7) is 5.45. The summed E-state index contributed by atoms with van der Waals surface area (Å²) in [5.41, 5.74) is 6.25. The highest BCUT2D eigenvalue weighted by Gasteiger charge is 2.07. The van der Waals surface area contributed by atoms with E-state index < -0.39 is 0 Å². The van der Waals surface area contributed by atoms with Gasteiger partial charge in [-0.05, 0) is 86.7 Å². The number of hydrogen-bond acceptors (Lipinski definition) is 4. The Balaban J connectivity index is 1.31. The van der Waals surface area contributed by atoms with E-state index >= 15 is 0 Å². The first-order chi connectivity index (χ1) is 15.6. The molecule has 5 nitrogen and oxygen atoms in total. The molecule has 0 radical (unpaired) electrons. The van der Waals surface area contributed by atoms with Gasteiger partial charge in [0, 0.05) is 29.6 Å². The Morgan fingerprint density at radius 2 is 1.75 bits per heavy atom. The summed E-state index contributed by atoms with van der Waals surface area (Å²) in [4.78, 5) is 4.66. The van der Waals surface area contributed by atoms with E-state index in [-0.39, 0.29) is 5.82 Å². The van der Waals surface area contributed by atoms with Crippen molar-refractivity contribution in [2.75, 3.05) is 0 Å². The van der Waals surface area contributed by atoms with Crippen LogP contribution in [0, 0.1) is 19.7 Å². The summed E-state index contributed by atoms with van der Waals surface area (Å²) < 4.78 is 21.1. The van der Waals surface area contributed by atoms with E-state index in [1.165, 1.54) is 23.3 Å². The molecule has 0 N–H and O–H groups in total. The molecule has 4 rings (SSSR count). The average Bonchev–Trinajstić information content (AvgIpc) is 3.31. The van der Waals surface area contributed by atoms with Crippen molar-refractivity contribution in [1.82, 2.24) is 20.0 Å². The van der Waals surface area contributed by atoms with Crippen LogP contribution in [0.15, 0.2) is 67.0 Å². The first-order valence-corrected chi connectivity index (χ1v) is 10.9. The summed E-state index contributed by atoms with van der Waals surface area (Å²) in [6.07, 6.45) is 6.81. The first-order valence-electron chi connectivity index (χ1n) is 10.9. The van der Waals surface area contributed by atoms with E-state index in [1.54, 1.807) is 18.3 Å². The molecule has 6 heteroatoms. The van der Waals surface area contributed by atoms with Gasteiger partial charge in [-0.25, -0.2) is 4.39 Å². The minimum atomic E-state index is -0.247. The topological polar surface area (TPSA) is 52.8 Å². The molecule has 0 fully saturated rings. The van der Waals surface area contributed by atoms with Crippen LogP contribution in [0.4, 0.5) is 4.39 Å². The minimum Gasteiger partial charge on any atom is -0.489 e. The van der Waals surface area contributed by atoms with Gasteiger partial charge in [0.05, 0.1) is 11.9 Å². The van der Waals surface area contributed by atoms with Gasteiger partial charge in [-0.1, -0.05) is 17.3 Å². The summed E-state index contributed by atoms with van der Waals surface area (Å²) in [7, 11) is 0. The predicted octanol–water partition coefficient (Wildman–Crippen LogP) is 5.70. The normalized spacial score (nSPS) is 11.0. The Morgan fingerprint density at radius 1 is 0.938 bits per heavy atom. The molecule has 0 aliphatic rings. The van der Waals surface area contributed by atoms with E-state index in [0.29, 0.717) is 6.61 Å². The highest BCUT2D eigenvalue weighted by atomic mass is 19.1. The lowest BCUT2D eigenvalue weighted by atomic mass is 10.0. The highest BCUT2D eigenvalue weighted by molar-refractivity contribution is 5.59. The van der Waals surface area contributed by atoms with Gasteiger partial charge >= 0.3 is 0 Å². The molecule has 0 atom stereocenters. The molecule has 0 aliphatic carbocycles. The van der Waals surface area contributed by atoms with E-state index in [2.05, 4.69) is 34.4 Å². The summed E-state index contributed by atoms with van der Waals surface area (Å²) >= 11 is 0. The molecule has 0 saturated carbocycles. The summed E-state index contributed by atoms with van der Waals surface area (Å²) in [6, 6.07) is 16.7. The second kappa shape index (κ2) is 10.2. The van der Waals surface area contributed by atoms with E-state index in [1.807, 2.05) is 36.0 Å². The zero-order chi connectivity index (χ0) is 22.3. The van der Waals surface area contributed by atoms with Gasteiger partial charge in [-0.3, -0.25) is 9.67 Å². The Morgan fingerprint density at radius 3 is 2.47 bits per heavy atom. The standard InChI is InChI=1S/C26H27FN4O/c1-19-17-25(12-8-21(19)5-3-4-15-31-16-14-28-30-31)32-18-23-9-13-26(29-20(23)2)22-6-10-24(27)11-7-22/h6-14,16-17H,3-5,15,18H2,1-2H3. The van der Waals surface area contributed by atoms with Crippen LogP contribution in [0.3, 0.4) is 0 Å². The molecule has 4 aromatic rings. The Bertz CT molecular complexity index is 1160. The largest absolute Gasteiger partial charge is 0.489 e. The number of ether oxygens (including phenoxy) is 1. The van der Waals surface area contributed by atoms with Gasteiger partial charge < -0.3 is 4.74 Å². The quantitative estimate of drug-likeness (QED) is 0.320. The van der Waals surface area contributed by atoms with Gasteiger partial charge in [-0.2, -0.15) is 0 Å². The van der Waals surface area contributed by atoms with Crippen LogP contribution in [0.25, 0.3) is 11.3 Å². The molecule has 0 unspecified atom stereocenters. The van der Waals surface area contributed by atoms with Gasteiger partial charge in [0.2, 0.25) is 0 Å². The van der Waals surface area contributed by atoms with Crippen LogP contribution in [0.2, 0.25) is 0 Å². The number of rotatable bonds is 9. The maximum absolute atomic E-state index is 13.1. The fourth-order valence-corrected chi connectivity index (χ4v) is 3.66. The van der Waals surface area contributed by atoms with Gasteiger partial charge in [0.15, 0.2) is 0 Å². The van der Waals surface area contributed by atoms with Crippen molar-refractivity contribution < 1.29 is 9.13 Å². The Hall–Kier alpha value is -3.54. The molecule has 0 bridgehead atoms. The average molecular weight is 431 g/mol. The van der Waals surface area contributed by atoms with Gasteiger partial charge in [-0.15, -0.1) is 5.10 Å². The second-order valence-corrected chi connectivity index (χ2v) is 7.95. The third-order valence-electron chi connectivity index (χ3n) is 5.60. The van der Waals surface area contributed by atoms with E-state index in [4.69, 9.17) is 4.74 Å². The van der Waals surface area contributed by atoms with Crippen molar-refractivity contribution in [3.8, 4) is 17.0 Å². The third kappa shape index (κ3) is 5.58. The minimum absolute atomic E-state index is 0.247. The first kappa shape index (κ1) is 21.7. The molecular formula is C26H27FN4O. The van der Waals surface area contributed by atoms with Crippen molar-refractivity contribution in [2.24, 2.45) is 0 Å². The zero-order valence-electron chi connectivity index (χ0n) is 18.5. The Labute approximate surface area is 187 Å². The molecule has 2 aromatic heterocycles. The maximum Gasteiger partial charge on any atom is 0.123 e. The summed E-state index contributed by atoms with van der Waals surface area (Å²) in [5.74, 6) is 0.611. The predicted molar refractivity (Wildman–Crippen MR) is 123 cm³/mol. The van der Waals surface area contributed by atoms with Crippen molar-refractivity contribution in [3.63, 3.8) is 0 Å². The van der Waals surface area contributed by atoms with Crippen LogP contribution < -0.4 is 4.74 Å². The molecular weight excluding hydrogens is 403 g/mol. The number of hydrogen-bond donors (Lipinski definition) is 0. The highest BCUT2D eigenvalue weighted by Crippen LogP contribution is 2.23. The van der Waals surface area contributed by atoms with E-state index in [9.17, 15) is 4.39 Å². The van der Waals surface area contributed by atoms with Crippen molar-refractivity contribution in [1.29, 1.82) is 0 Å². The smallest absolute Gasteiger partial charge is 0.123 e. The number of unbranched alkanes of at least 4 members (excludes halogenated alkanes) is 1. The summed E-state index contributed by atoms with van der Waals surface area (Å²) in [5, 5.41) is 7.83. The van der Waals surface area contributed by atoms with Gasteiger partial charge in [0.25, 0.3) is 0 Å². The maximum atomic E-state index is 13.1. The van der Waals surface area contributed by atoms with Crippen LogP contribution >= 0.6 is 0 Å². The molecule has 164 valence electrons. The number of aromatic nitrogens is 4. The molecule has 32 heavy (non-hydrogen) atoms. The molecule has 0 saturated heterocycles. The SMILES string of the molecule is Cc1cc(OCc2ccc(-c3ccc(F)cc3)nc2C)ccc1CCCCn1ccnn1. The second-order valence-electron chi connectivity index (χ2n) is 7.95. The lowest BCUT2D eigenvalue weighted by molar-refractivity contribution is 0.304. The van der Waals surface area contributed by atoms with Gasteiger partial charge in [0.1, 0.15) is 18.2 Å². The van der Waals surface area contributed by atoms with E-state index in [0.717, 1.165) is 54.1 Å². The fraction of sp³-hybridized carbons (Fsp3) is 0.269. The molecule has 2 aromatic carbocycles. The lowest BCUT2D eigenvalue weighted by Crippen LogP contribution is -2.02. The third-order valence-corrected chi connectivity index (χ3v) is 5.60. The van der Waals surface area contributed by atoms with Crippen LogP contribution in [-0.4, -0.2) is 20.0 Å². The lowest BCUT2D eigenvalue weighted by Gasteiger charge is -2.12. The number of aryl methyl sites for hydroxylation is 4. The van der Waals surface area contributed by atoms with Crippen LogP contribution in [0.5, 0.6) is 5.75 Å². The fourth-order valence-electron chi connectivity index (χ4n) is 3.66. The van der Waals surface area contributed by atoms with Crippen LogP contribution in [0.1, 0.15) is 35.2 Å². The molecule has 0 aliphatic heterocycles. The van der Waals surface area contributed by atoms with Crippen LogP contribution in [-0.2, 0) is 19.6 Å². The number of nitrogens with zero attached hydrogens (tertiary/aromatic N) is 4. The Kier molecular flexibility index (Phi) is 6.90. The number of pyridine rings is 1. The zero-order valence-corrected chi connectivity index (χ0v) is 18.5. The van der Waals surface area contributed by atoms with Crippen molar-refractivity contribution in [2.45, 2.75) is 46.3 Å². The monoisotopic (exact) mass is 430 g/mol. The number of benzene rings is 2. The molecule has 0 spiro atoms. The molecule has 0 amide bonds.